The van der Waals surface area contributed by atoms with E-state index in [-0.39, 0.29) is 12.5 Å². The first-order valence-corrected chi connectivity index (χ1v) is 11.4. The Kier molecular flexibility index (Phi) is 13.4. The van der Waals surface area contributed by atoms with E-state index in [9.17, 15) is 31.9 Å². The molecule has 0 bridgehead atoms. The normalized spacial score (nSPS) is 12.6. The van der Waals surface area contributed by atoms with Gasteiger partial charge in [-0.1, -0.05) is 51.9 Å². The van der Waals surface area contributed by atoms with Gasteiger partial charge in [-0.05, 0) is 19.3 Å². The van der Waals surface area contributed by atoms with Gasteiger partial charge in [0, 0.05) is 26.7 Å². The topological polar surface area (TPSA) is 77.0 Å². The molecule has 6 nitrogen and oxygen atoms in total. The summed E-state index contributed by atoms with van der Waals surface area (Å²) in [6.45, 7) is 2.15. The Morgan fingerprint density at radius 2 is 1.29 bits per heavy atom. The van der Waals surface area contributed by atoms with Crippen LogP contribution < -0.4 is 10.1 Å². The van der Waals surface area contributed by atoms with Crippen LogP contribution in [-0.4, -0.2) is 37.9 Å². The van der Waals surface area contributed by atoms with Gasteiger partial charge < -0.3 is 24.6 Å². The Morgan fingerprint density at radius 3 is 1.82 bits per heavy atom. The van der Waals surface area contributed by atoms with Crippen LogP contribution in [0.3, 0.4) is 0 Å². The Bertz CT molecular complexity index is 748. The van der Waals surface area contributed by atoms with E-state index in [4.69, 9.17) is 9.47 Å². The second-order valence-electron chi connectivity index (χ2n) is 8.00. The Morgan fingerprint density at radius 1 is 0.824 bits per heavy atom. The predicted octanol–water partition coefficient (Wildman–Crippen LogP) is 5.95. The fourth-order valence-corrected chi connectivity index (χ4v) is 3.61. The minimum atomic E-state index is -2.34. The van der Waals surface area contributed by atoms with Gasteiger partial charge in [0.1, 0.15) is 0 Å². The molecular weight excluding hydrogens is 465 g/mol. The van der Waals surface area contributed by atoms with Gasteiger partial charge in [-0.3, -0.25) is 0 Å². The Balaban J connectivity index is 2.51. The molecule has 196 valence electrons. The van der Waals surface area contributed by atoms with Crippen molar-refractivity contribution >= 4 is 6.09 Å². The van der Waals surface area contributed by atoms with Crippen LogP contribution in [0, 0.1) is 35.0 Å². The molecule has 0 aliphatic carbocycles. The minimum Gasteiger partial charge on any atom is -0.404 e. The first kappa shape index (κ1) is 30.1. The summed E-state index contributed by atoms with van der Waals surface area (Å²) in [6.07, 6.45) is 7.23. The third-order valence-electron chi connectivity index (χ3n) is 5.62. The van der Waals surface area contributed by atoms with Crippen LogP contribution in [0.1, 0.15) is 71.1 Å². The van der Waals surface area contributed by atoms with E-state index in [1.165, 1.54) is 20.6 Å². The van der Waals surface area contributed by atoms with Crippen LogP contribution in [0.2, 0.25) is 0 Å². The third kappa shape index (κ3) is 8.66. The fourth-order valence-electron chi connectivity index (χ4n) is 3.61. The first-order chi connectivity index (χ1) is 16.1. The standard InChI is InChI=1S/C23H34F5NO5/c1-4-5-6-7-8-9-12-15(23(31,32-2)33-3)13-10-11-14-29-22(30)34-21-19(27)17(25)16(24)18(26)20(21)28/h15,31H,4-14H2,1-3H3,(H,29,30). The van der Waals surface area contributed by atoms with Crippen molar-refractivity contribution in [3.63, 3.8) is 0 Å². The summed E-state index contributed by atoms with van der Waals surface area (Å²) in [5.74, 6) is -15.0. The van der Waals surface area contributed by atoms with E-state index in [2.05, 4.69) is 17.0 Å². The van der Waals surface area contributed by atoms with E-state index in [0.717, 1.165) is 32.1 Å². The van der Waals surface area contributed by atoms with Crippen molar-refractivity contribution in [1.29, 1.82) is 0 Å². The van der Waals surface area contributed by atoms with E-state index in [0.29, 0.717) is 25.7 Å². The van der Waals surface area contributed by atoms with E-state index in [1.54, 1.807) is 0 Å². The average molecular weight is 500 g/mol. The summed E-state index contributed by atoms with van der Waals surface area (Å²) in [5.41, 5.74) is 0. The molecule has 2 N–H and O–H groups in total. The lowest BCUT2D eigenvalue weighted by atomic mass is 9.92. The largest absolute Gasteiger partial charge is 0.412 e. The number of ether oxygens (including phenoxy) is 3. The van der Waals surface area contributed by atoms with Gasteiger partial charge in [0.25, 0.3) is 5.97 Å². The summed E-state index contributed by atoms with van der Waals surface area (Å²) in [4.78, 5) is 11.7. The molecule has 1 unspecified atom stereocenters. The maximum atomic E-state index is 13.6. The van der Waals surface area contributed by atoms with Crippen molar-refractivity contribution in [3.05, 3.63) is 29.1 Å². The molecule has 0 saturated heterocycles. The smallest absolute Gasteiger partial charge is 0.404 e. The molecule has 0 saturated carbocycles. The monoisotopic (exact) mass is 499 g/mol. The van der Waals surface area contributed by atoms with Crippen LogP contribution in [0.25, 0.3) is 0 Å². The molecule has 0 aromatic heterocycles. The molecule has 1 atom stereocenters. The van der Waals surface area contributed by atoms with Crippen molar-refractivity contribution < 1.29 is 46.1 Å². The molecule has 0 spiro atoms. The number of nitrogens with one attached hydrogen (secondary N) is 1. The highest BCUT2D eigenvalue weighted by Crippen LogP contribution is 2.31. The third-order valence-corrected chi connectivity index (χ3v) is 5.62. The van der Waals surface area contributed by atoms with E-state index >= 15 is 0 Å². The molecule has 0 aliphatic heterocycles. The lowest BCUT2D eigenvalue weighted by Gasteiger charge is -2.33. The number of hydrogen-bond acceptors (Lipinski definition) is 5. The zero-order valence-electron chi connectivity index (χ0n) is 19.8. The molecular formula is C23H34F5NO5. The van der Waals surface area contributed by atoms with Crippen molar-refractivity contribution in [2.45, 2.75) is 77.1 Å². The van der Waals surface area contributed by atoms with Crippen LogP contribution >= 0.6 is 0 Å². The predicted molar refractivity (Wildman–Crippen MR) is 115 cm³/mol. The molecule has 34 heavy (non-hydrogen) atoms. The SMILES string of the molecule is CCCCCCCCC(CCCCNC(=O)Oc1c(F)c(F)c(F)c(F)c1F)C(O)(OC)OC. The van der Waals surface area contributed by atoms with Gasteiger partial charge in [0.2, 0.25) is 34.8 Å². The maximum Gasteiger partial charge on any atom is 0.412 e. The van der Waals surface area contributed by atoms with Crippen LogP contribution in [0.5, 0.6) is 5.75 Å². The Labute approximate surface area is 196 Å². The van der Waals surface area contributed by atoms with E-state index in [1.807, 2.05) is 0 Å². The zero-order valence-corrected chi connectivity index (χ0v) is 19.8. The number of amides is 1. The number of carbonyl (C=O) groups is 1. The number of aliphatic hydroxyl groups is 1. The summed E-state index contributed by atoms with van der Waals surface area (Å²) in [6, 6.07) is 0. The molecule has 11 heteroatoms. The van der Waals surface area contributed by atoms with E-state index < -0.39 is 46.9 Å². The van der Waals surface area contributed by atoms with Crippen LogP contribution in [-0.2, 0) is 9.47 Å². The number of halogens is 5. The second-order valence-corrected chi connectivity index (χ2v) is 8.00. The highest BCUT2D eigenvalue weighted by Gasteiger charge is 2.36. The molecule has 1 amide bonds. The van der Waals surface area contributed by atoms with Crippen LogP contribution in [0.4, 0.5) is 26.7 Å². The minimum absolute atomic E-state index is 0.0103. The highest BCUT2D eigenvalue weighted by molar-refractivity contribution is 5.70. The molecule has 0 fully saturated rings. The summed E-state index contributed by atoms with van der Waals surface area (Å²) in [5, 5.41) is 12.8. The highest BCUT2D eigenvalue weighted by atomic mass is 19.2. The molecule has 1 rings (SSSR count). The number of unbranched alkanes of at least 4 members (excludes halogenated alkanes) is 6. The molecule has 1 aromatic carbocycles. The van der Waals surface area contributed by atoms with Gasteiger partial charge in [0.05, 0.1) is 0 Å². The lowest BCUT2D eigenvalue weighted by molar-refractivity contribution is -0.369. The number of carbonyl (C=O) groups excluding carboxylic acids is 1. The quantitative estimate of drug-likeness (QED) is 0.0967. The Hall–Kier alpha value is -1.98. The summed E-state index contributed by atoms with van der Waals surface area (Å²) < 4.78 is 81.2. The summed E-state index contributed by atoms with van der Waals surface area (Å²) in [7, 11) is 2.68. The van der Waals surface area contributed by atoms with Crippen molar-refractivity contribution in [2.24, 2.45) is 5.92 Å². The molecule has 0 radical (unpaired) electrons. The fraction of sp³-hybridized carbons (Fsp3) is 0.696. The zero-order chi connectivity index (χ0) is 25.7. The van der Waals surface area contributed by atoms with Gasteiger partial charge in [-0.25, -0.2) is 18.0 Å². The second kappa shape index (κ2) is 15.1. The van der Waals surface area contributed by atoms with Gasteiger partial charge >= 0.3 is 6.09 Å². The molecule has 0 aliphatic rings. The summed E-state index contributed by atoms with van der Waals surface area (Å²) >= 11 is 0. The maximum absolute atomic E-state index is 13.6. The van der Waals surface area contributed by atoms with Crippen molar-refractivity contribution in [2.75, 3.05) is 20.8 Å². The number of rotatable bonds is 16. The molecule has 0 heterocycles. The molecule has 1 aromatic rings. The number of hydrogen-bond donors (Lipinski definition) is 2. The van der Waals surface area contributed by atoms with Crippen molar-refractivity contribution in [3.8, 4) is 5.75 Å². The van der Waals surface area contributed by atoms with Crippen molar-refractivity contribution in [1.82, 2.24) is 5.32 Å². The average Bonchev–Trinajstić information content (AvgIpc) is 2.84. The van der Waals surface area contributed by atoms with Gasteiger partial charge in [-0.15, -0.1) is 0 Å². The van der Waals surface area contributed by atoms with Gasteiger partial charge in [-0.2, -0.15) is 8.78 Å². The number of benzene rings is 1. The lowest BCUT2D eigenvalue weighted by Crippen LogP contribution is -2.42. The number of methoxy groups -OCH3 is 2. The van der Waals surface area contributed by atoms with Gasteiger partial charge in [0.15, 0.2) is 0 Å². The first-order valence-electron chi connectivity index (χ1n) is 11.4. The van der Waals surface area contributed by atoms with Crippen LogP contribution in [0.15, 0.2) is 0 Å².